The minimum Gasteiger partial charge on any atom is -0.494 e. The largest absolute Gasteiger partial charge is 0.494 e. The average molecular weight is 533 g/mol. The van der Waals surface area contributed by atoms with Gasteiger partial charge in [-0.2, -0.15) is 0 Å². The first-order valence-electron chi connectivity index (χ1n) is 12.3. The zero-order chi connectivity index (χ0) is 27.1. The van der Waals surface area contributed by atoms with E-state index in [4.69, 9.17) is 21.7 Å². The molecule has 0 bridgehead atoms. The lowest BCUT2D eigenvalue weighted by atomic mass is 10.1. The minimum atomic E-state index is -0.843. The summed E-state index contributed by atoms with van der Waals surface area (Å²) in [7, 11) is 0. The summed E-state index contributed by atoms with van der Waals surface area (Å²) < 4.78 is 10.5. The number of anilines is 2. The van der Waals surface area contributed by atoms with Crippen LogP contribution in [0.2, 0.25) is 0 Å². The highest BCUT2D eigenvalue weighted by Crippen LogP contribution is 2.30. The van der Waals surface area contributed by atoms with Crippen molar-refractivity contribution in [1.29, 1.82) is 0 Å². The van der Waals surface area contributed by atoms with E-state index in [1.54, 1.807) is 66.6 Å². The van der Waals surface area contributed by atoms with Gasteiger partial charge in [-0.05, 0) is 80.7 Å². The maximum Gasteiger partial charge on any atom is 0.338 e. The molecule has 1 atom stereocenters. The molecule has 0 spiro atoms. The summed E-state index contributed by atoms with van der Waals surface area (Å²) in [5, 5.41) is 3.07. The van der Waals surface area contributed by atoms with E-state index in [-0.39, 0.29) is 30.6 Å². The molecule has 1 saturated heterocycles. The Kier molecular flexibility index (Phi) is 8.65. The van der Waals surface area contributed by atoms with Gasteiger partial charge in [-0.25, -0.2) is 4.79 Å². The molecule has 4 rings (SSSR count). The molecule has 1 aliphatic rings. The van der Waals surface area contributed by atoms with Gasteiger partial charge in [0, 0.05) is 11.9 Å². The molecule has 0 unspecified atom stereocenters. The van der Waals surface area contributed by atoms with Crippen LogP contribution >= 0.6 is 12.2 Å². The number of rotatable bonds is 10. The fourth-order valence-corrected chi connectivity index (χ4v) is 4.49. The zero-order valence-electron chi connectivity index (χ0n) is 21.1. The van der Waals surface area contributed by atoms with Crippen LogP contribution in [0.5, 0.6) is 5.75 Å². The highest BCUT2D eigenvalue weighted by atomic mass is 32.1. The molecular weight excluding hydrogens is 504 g/mol. The maximum absolute atomic E-state index is 13.6. The number of esters is 1. The number of pyridine rings is 1. The molecule has 1 fully saturated rings. The fourth-order valence-electron chi connectivity index (χ4n) is 4.10. The van der Waals surface area contributed by atoms with Crippen molar-refractivity contribution < 1.29 is 23.9 Å². The van der Waals surface area contributed by atoms with Crippen molar-refractivity contribution in [2.24, 2.45) is 0 Å². The first kappa shape index (κ1) is 26.7. The first-order chi connectivity index (χ1) is 18.4. The molecule has 10 heteroatoms. The third kappa shape index (κ3) is 6.15. The molecule has 2 amide bonds. The number of aromatic nitrogens is 1. The van der Waals surface area contributed by atoms with Gasteiger partial charge in [0.1, 0.15) is 11.8 Å². The van der Waals surface area contributed by atoms with Crippen LogP contribution in [0, 0.1) is 0 Å². The van der Waals surface area contributed by atoms with E-state index in [2.05, 4.69) is 10.3 Å². The number of ether oxygens (including phenoxy) is 2. The van der Waals surface area contributed by atoms with Crippen molar-refractivity contribution in [3.8, 4) is 5.75 Å². The topological polar surface area (TPSA) is 101 Å². The second-order valence-corrected chi connectivity index (χ2v) is 8.77. The number of benzene rings is 2. The van der Waals surface area contributed by atoms with Crippen LogP contribution in [0.15, 0.2) is 72.9 Å². The van der Waals surface area contributed by atoms with Gasteiger partial charge in [-0.1, -0.05) is 12.1 Å². The Bertz CT molecular complexity index is 1320. The van der Waals surface area contributed by atoms with E-state index in [9.17, 15) is 14.4 Å². The summed E-state index contributed by atoms with van der Waals surface area (Å²) in [4.78, 5) is 46.3. The third-order valence-electron chi connectivity index (χ3n) is 5.82. The van der Waals surface area contributed by atoms with Crippen molar-refractivity contribution in [1.82, 2.24) is 9.88 Å². The second kappa shape index (κ2) is 12.3. The number of nitrogens with one attached hydrogen (secondary N) is 1. The molecule has 38 heavy (non-hydrogen) atoms. The molecule has 2 aromatic carbocycles. The summed E-state index contributed by atoms with van der Waals surface area (Å²) >= 11 is 5.72. The molecule has 196 valence electrons. The summed E-state index contributed by atoms with van der Waals surface area (Å²) in [5.74, 6) is -0.509. The molecule has 1 N–H and O–H groups in total. The second-order valence-electron chi connectivity index (χ2n) is 8.40. The maximum atomic E-state index is 13.6. The van der Waals surface area contributed by atoms with Crippen LogP contribution in [0.1, 0.15) is 36.3 Å². The van der Waals surface area contributed by atoms with Crippen LogP contribution < -0.4 is 15.0 Å². The first-order valence-corrected chi connectivity index (χ1v) is 12.7. The van der Waals surface area contributed by atoms with E-state index in [1.165, 1.54) is 11.0 Å². The molecule has 3 aromatic rings. The molecule has 0 radical (unpaired) electrons. The molecule has 1 aliphatic heterocycles. The van der Waals surface area contributed by atoms with Gasteiger partial charge in [-0.15, -0.1) is 0 Å². The van der Waals surface area contributed by atoms with Gasteiger partial charge in [0.2, 0.25) is 5.91 Å². The van der Waals surface area contributed by atoms with E-state index in [1.807, 2.05) is 19.1 Å². The summed E-state index contributed by atoms with van der Waals surface area (Å²) in [5.41, 5.74) is 2.04. The number of hydrogen-bond donors (Lipinski definition) is 1. The van der Waals surface area contributed by atoms with Crippen molar-refractivity contribution in [2.75, 3.05) is 23.4 Å². The van der Waals surface area contributed by atoms with Crippen LogP contribution in [0.3, 0.4) is 0 Å². The highest BCUT2D eigenvalue weighted by Gasteiger charge is 2.44. The molecule has 9 nitrogen and oxygen atoms in total. The SMILES string of the molecule is CCOC(=O)c1cccc(NC(=O)C[C@H]2C(=O)N(c3ccc(OCC)cc3)C(=S)N2Cc2ccccn2)c1. The summed E-state index contributed by atoms with van der Waals surface area (Å²) in [6.07, 6.45) is 1.52. The van der Waals surface area contributed by atoms with E-state index >= 15 is 0 Å². The molecule has 2 heterocycles. The van der Waals surface area contributed by atoms with Gasteiger partial charge < -0.3 is 19.7 Å². The fraction of sp³-hybridized carbons (Fsp3) is 0.250. The minimum absolute atomic E-state index is 0.150. The van der Waals surface area contributed by atoms with Crippen molar-refractivity contribution in [3.63, 3.8) is 0 Å². The van der Waals surface area contributed by atoms with Gasteiger partial charge in [-0.3, -0.25) is 19.5 Å². The predicted molar refractivity (Wildman–Crippen MR) is 147 cm³/mol. The van der Waals surface area contributed by atoms with Crippen molar-refractivity contribution >= 4 is 46.5 Å². The monoisotopic (exact) mass is 532 g/mol. The number of nitrogens with zero attached hydrogens (tertiary/aromatic N) is 3. The van der Waals surface area contributed by atoms with Crippen LogP contribution in [0.25, 0.3) is 0 Å². The third-order valence-corrected chi connectivity index (χ3v) is 6.24. The van der Waals surface area contributed by atoms with Crippen molar-refractivity contribution in [2.45, 2.75) is 32.9 Å². The van der Waals surface area contributed by atoms with Gasteiger partial charge in [0.05, 0.1) is 43.1 Å². The molecule has 0 aliphatic carbocycles. The van der Waals surface area contributed by atoms with Gasteiger partial charge in [0.25, 0.3) is 5.91 Å². The highest BCUT2D eigenvalue weighted by molar-refractivity contribution is 7.80. The molecular formula is C28H28N4O5S. The quantitative estimate of drug-likeness (QED) is 0.307. The van der Waals surface area contributed by atoms with E-state index in [0.717, 1.165) is 0 Å². The summed E-state index contributed by atoms with van der Waals surface area (Å²) in [6, 6.07) is 18.2. The standard InChI is InChI=1S/C28H28N4O5S/c1-3-36-23-13-11-22(12-14-23)32-26(34)24(31(28(32)38)18-21-9-5-6-15-29-21)17-25(33)30-20-10-7-8-19(16-20)27(35)37-4-2/h5-16,24H,3-4,17-18H2,1-2H3,(H,30,33)/t24-/m0/s1. The predicted octanol–water partition coefficient (Wildman–Crippen LogP) is 4.19. The Labute approximate surface area is 226 Å². The van der Waals surface area contributed by atoms with Gasteiger partial charge in [0.15, 0.2) is 5.11 Å². The zero-order valence-corrected chi connectivity index (χ0v) is 21.9. The smallest absolute Gasteiger partial charge is 0.338 e. The Balaban J connectivity index is 1.56. The van der Waals surface area contributed by atoms with Gasteiger partial charge >= 0.3 is 5.97 Å². The Morgan fingerprint density at radius 3 is 2.50 bits per heavy atom. The van der Waals surface area contributed by atoms with E-state index < -0.39 is 17.9 Å². The normalized spacial score (nSPS) is 14.9. The Hall–Kier alpha value is -4.31. The van der Waals surface area contributed by atoms with Crippen LogP contribution in [-0.4, -0.2) is 52.0 Å². The van der Waals surface area contributed by atoms with Crippen molar-refractivity contribution in [3.05, 3.63) is 84.2 Å². The summed E-state index contributed by atoms with van der Waals surface area (Å²) in [6.45, 7) is 4.65. The Morgan fingerprint density at radius 1 is 1.03 bits per heavy atom. The van der Waals surface area contributed by atoms with Crippen LogP contribution in [-0.2, 0) is 20.9 Å². The lowest BCUT2D eigenvalue weighted by molar-refractivity contribution is -0.124. The number of carbonyl (C=O) groups excluding carboxylic acids is 3. The lowest BCUT2D eigenvalue weighted by Crippen LogP contribution is -2.37. The lowest BCUT2D eigenvalue weighted by Gasteiger charge is -2.23. The number of carbonyl (C=O) groups is 3. The Morgan fingerprint density at radius 2 is 1.82 bits per heavy atom. The average Bonchev–Trinajstić information content (AvgIpc) is 3.14. The number of hydrogen-bond acceptors (Lipinski definition) is 7. The molecule has 0 saturated carbocycles. The number of thiocarbonyl (C=S) groups is 1. The van der Waals surface area contributed by atoms with Crippen LogP contribution in [0.4, 0.5) is 11.4 Å². The number of amides is 2. The molecule has 1 aromatic heterocycles. The van der Waals surface area contributed by atoms with E-state index in [0.29, 0.717) is 35.0 Å².